The first-order valence-electron chi connectivity index (χ1n) is 6.35. The van der Waals surface area contributed by atoms with Crippen LogP contribution in [0.4, 0.5) is 0 Å². The number of para-hydroxylation sites is 2. The molecule has 1 atom stereocenters. The molecule has 0 amide bonds. The second kappa shape index (κ2) is 5.87. The molecule has 0 radical (unpaired) electrons. The minimum atomic E-state index is -0.462. The summed E-state index contributed by atoms with van der Waals surface area (Å²) in [6, 6.07) is 7.38. The highest BCUT2D eigenvalue weighted by Crippen LogP contribution is 2.34. The van der Waals surface area contributed by atoms with Gasteiger partial charge in [-0.25, -0.2) is 4.98 Å². The second-order valence-electron chi connectivity index (χ2n) is 4.51. The number of fused-ring (bicyclic) bond motifs is 1. The van der Waals surface area contributed by atoms with Crippen molar-refractivity contribution in [3.8, 4) is 11.5 Å². The molecule has 21 heavy (non-hydrogen) atoms. The fraction of sp³-hybridized carbons (Fsp3) is 0.286. The minimum absolute atomic E-state index is 0.238. The summed E-state index contributed by atoms with van der Waals surface area (Å²) in [6.07, 6.45) is -0.462. The third-order valence-corrected chi connectivity index (χ3v) is 3.86. The van der Waals surface area contributed by atoms with Crippen molar-refractivity contribution in [2.45, 2.75) is 12.7 Å². The van der Waals surface area contributed by atoms with E-state index in [0.717, 1.165) is 0 Å². The van der Waals surface area contributed by atoms with Crippen molar-refractivity contribution >= 4 is 15.9 Å². The van der Waals surface area contributed by atoms with Crippen LogP contribution in [-0.4, -0.2) is 23.7 Å². The number of rotatable bonds is 3. The van der Waals surface area contributed by atoms with E-state index in [-0.39, 0.29) is 18.8 Å². The van der Waals surface area contributed by atoms with Gasteiger partial charge in [-0.2, -0.15) is 0 Å². The van der Waals surface area contributed by atoms with Gasteiger partial charge >= 0.3 is 0 Å². The third kappa shape index (κ3) is 2.79. The number of nitrogens with one attached hydrogen (secondary N) is 1. The summed E-state index contributed by atoms with van der Waals surface area (Å²) in [4.78, 5) is 19.0. The Balaban J connectivity index is 1.93. The van der Waals surface area contributed by atoms with E-state index in [0.29, 0.717) is 27.5 Å². The molecule has 1 aliphatic rings. The van der Waals surface area contributed by atoms with Crippen LogP contribution in [-0.2, 0) is 11.3 Å². The van der Waals surface area contributed by atoms with E-state index in [1.807, 2.05) is 24.3 Å². The number of methoxy groups -OCH3 is 1. The molecule has 2 aromatic rings. The monoisotopic (exact) mass is 352 g/mol. The first-order chi connectivity index (χ1) is 10.2. The van der Waals surface area contributed by atoms with E-state index in [1.165, 1.54) is 0 Å². The van der Waals surface area contributed by atoms with Gasteiger partial charge in [-0.15, -0.1) is 0 Å². The SMILES string of the molecule is COCc1nc(C2COc3ccccc3O2)[nH]c(=O)c1Br. The van der Waals surface area contributed by atoms with Crippen LogP contribution in [0.25, 0.3) is 0 Å². The maximum atomic E-state index is 11.9. The van der Waals surface area contributed by atoms with Crippen molar-refractivity contribution in [2.24, 2.45) is 0 Å². The first kappa shape index (κ1) is 14.1. The minimum Gasteiger partial charge on any atom is -0.485 e. The molecular weight excluding hydrogens is 340 g/mol. The Kier molecular flexibility index (Phi) is 3.94. The predicted octanol–water partition coefficient (Wildman–Crippen LogP) is 2.19. The summed E-state index contributed by atoms with van der Waals surface area (Å²) in [5.41, 5.74) is 0.258. The summed E-state index contributed by atoms with van der Waals surface area (Å²) in [5, 5.41) is 0. The highest BCUT2D eigenvalue weighted by molar-refractivity contribution is 9.10. The lowest BCUT2D eigenvalue weighted by molar-refractivity contribution is 0.0841. The first-order valence-corrected chi connectivity index (χ1v) is 7.14. The summed E-state index contributed by atoms with van der Waals surface area (Å²) >= 11 is 3.21. The summed E-state index contributed by atoms with van der Waals surface area (Å²) in [6.45, 7) is 0.523. The molecule has 6 nitrogen and oxygen atoms in total. The molecule has 1 unspecified atom stereocenters. The Hall–Kier alpha value is -1.86. The average Bonchev–Trinajstić information content (AvgIpc) is 2.51. The topological polar surface area (TPSA) is 73.4 Å². The van der Waals surface area contributed by atoms with Crippen molar-refractivity contribution in [3.63, 3.8) is 0 Å². The Morgan fingerprint density at radius 2 is 2.19 bits per heavy atom. The van der Waals surface area contributed by atoms with Gasteiger partial charge < -0.3 is 19.2 Å². The lowest BCUT2D eigenvalue weighted by atomic mass is 10.2. The highest BCUT2D eigenvalue weighted by Gasteiger charge is 2.25. The van der Waals surface area contributed by atoms with Gasteiger partial charge in [0.2, 0.25) is 0 Å². The van der Waals surface area contributed by atoms with Crippen molar-refractivity contribution in [1.82, 2.24) is 9.97 Å². The zero-order valence-electron chi connectivity index (χ0n) is 11.3. The fourth-order valence-corrected chi connectivity index (χ4v) is 2.37. The van der Waals surface area contributed by atoms with Gasteiger partial charge in [-0.1, -0.05) is 12.1 Å². The molecule has 110 valence electrons. The van der Waals surface area contributed by atoms with Crippen molar-refractivity contribution in [2.75, 3.05) is 13.7 Å². The van der Waals surface area contributed by atoms with Crippen LogP contribution in [0.15, 0.2) is 33.5 Å². The molecule has 7 heteroatoms. The predicted molar refractivity (Wildman–Crippen MR) is 78.6 cm³/mol. The lowest BCUT2D eigenvalue weighted by Gasteiger charge is -2.25. The van der Waals surface area contributed by atoms with E-state index in [2.05, 4.69) is 25.9 Å². The Bertz CT molecular complexity index is 716. The molecule has 1 aromatic heterocycles. The van der Waals surface area contributed by atoms with E-state index < -0.39 is 6.10 Å². The number of aromatic amines is 1. The molecule has 0 spiro atoms. The number of ether oxygens (including phenoxy) is 3. The number of nitrogens with zero attached hydrogens (tertiary/aromatic N) is 1. The highest BCUT2D eigenvalue weighted by atomic mass is 79.9. The quantitative estimate of drug-likeness (QED) is 0.916. The number of halogens is 1. The van der Waals surface area contributed by atoms with E-state index in [4.69, 9.17) is 14.2 Å². The van der Waals surface area contributed by atoms with E-state index >= 15 is 0 Å². The summed E-state index contributed by atoms with van der Waals surface area (Å²) in [5.74, 6) is 1.74. The Morgan fingerprint density at radius 3 is 2.95 bits per heavy atom. The smallest absolute Gasteiger partial charge is 0.265 e. The fourth-order valence-electron chi connectivity index (χ4n) is 2.06. The normalized spacial score (nSPS) is 16.8. The van der Waals surface area contributed by atoms with Crippen LogP contribution in [0.5, 0.6) is 11.5 Å². The van der Waals surface area contributed by atoms with Crippen LogP contribution >= 0.6 is 15.9 Å². The Morgan fingerprint density at radius 1 is 1.43 bits per heavy atom. The van der Waals surface area contributed by atoms with Gasteiger partial charge in [0.25, 0.3) is 5.56 Å². The van der Waals surface area contributed by atoms with Crippen LogP contribution in [0.2, 0.25) is 0 Å². The van der Waals surface area contributed by atoms with Gasteiger partial charge in [0.1, 0.15) is 11.1 Å². The maximum absolute atomic E-state index is 11.9. The maximum Gasteiger partial charge on any atom is 0.265 e. The van der Waals surface area contributed by atoms with Gasteiger partial charge in [-0.05, 0) is 28.1 Å². The zero-order chi connectivity index (χ0) is 14.8. The molecule has 2 heterocycles. The van der Waals surface area contributed by atoms with Crippen LogP contribution in [0.1, 0.15) is 17.6 Å². The number of hydrogen-bond donors (Lipinski definition) is 1. The van der Waals surface area contributed by atoms with Crippen molar-refractivity contribution in [1.29, 1.82) is 0 Å². The van der Waals surface area contributed by atoms with Crippen molar-refractivity contribution < 1.29 is 14.2 Å². The van der Waals surface area contributed by atoms with Crippen LogP contribution in [0.3, 0.4) is 0 Å². The summed E-state index contributed by atoms with van der Waals surface area (Å²) < 4.78 is 16.9. The van der Waals surface area contributed by atoms with E-state index in [1.54, 1.807) is 7.11 Å². The van der Waals surface area contributed by atoms with Crippen molar-refractivity contribution in [3.05, 3.63) is 50.6 Å². The average molecular weight is 353 g/mol. The molecule has 1 aromatic carbocycles. The number of benzene rings is 1. The molecule has 0 fully saturated rings. The number of hydrogen-bond acceptors (Lipinski definition) is 5. The third-order valence-electron chi connectivity index (χ3n) is 3.04. The lowest BCUT2D eigenvalue weighted by Crippen LogP contribution is -2.27. The molecule has 0 saturated carbocycles. The molecule has 0 bridgehead atoms. The van der Waals surface area contributed by atoms with E-state index in [9.17, 15) is 4.79 Å². The molecule has 0 saturated heterocycles. The van der Waals surface area contributed by atoms with Gasteiger partial charge in [0, 0.05) is 7.11 Å². The standard InChI is InChI=1S/C14H13BrN2O4/c1-19-6-8-12(15)14(18)17-13(16-8)11-7-20-9-4-2-3-5-10(9)21-11/h2-5,11H,6-7H2,1H3,(H,16,17,18). The second-order valence-corrected chi connectivity index (χ2v) is 5.30. The van der Waals surface area contributed by atoms with Gasteiger partial charge in [-0.3, -0.25) is 4.79 Å². The summed E-state index contributed by atoms with van der Waals surface area (Å²) in [7, 11) is 1.55. The number of aromatic nitrogens is 2. The van der Waals surface area contributed by atoms with Crippen LogP contribution < -0.4 is 15.0 Å². The molecule has 1 N–H and O–H groups in total. The van der Waals surface area contributed by atoms with Gasteiger partial charge in [0.05, 0.1) is 12.3 Å². The van der Waals surface area contributed by atoms with Crippen LogP contribution in [0, 0.1) is 0 Å². The Labute approximate surface area is 129 Å². The number of H-pyrrole nitrogens is 1. The molecule has 3 rings (SSSR count). The largest absolute Gasteiger partial charge is 0.485 e. The molecular formula is C14H13BrN2O4. The zero-order valence-corrected chi connectivity index (χ0v) is 12.8. The van der Waals surface area contributed by atoms with Gasteiger partial charge in [0.15, 0.2) is 23.4 Å². The molecule has 1 aliphatic heterocycles. The molecule has 0 aliphatic carbocycles.